The number of aryl methyl sites for hydroxylation is 1. The van der Waals surface area contributed by atoms with E-state index in [2.05, 4.69) is 0 Å². The van der Waals surface area contributed by atoms with E-state index in [4.69, 9.17) is 4.42 Å². The number of ketones is 1. The molecule has 32 heavy (non-hydrogen) atoms. The molecule has 1 atom stereocenters. The first-order valence-electron chi connectivity index (χ1n) is 10.8. The summed E-state index contributed by atoms with van der Waals surface area (Å²) >= 11 is 0. The maximum atomic E-state index is 12.9. The number of Topliss-reactive ketones (excluding diaryl/α,β-unsaturated/α-hetero) is 1. The van der Waals surface area contributed by atoms with Crippen LogP contribution in [0.1, 0.15) is 79.4 Å². The van der Waals surface area contributed by atoms with Crippen LogP contribution in [0, 0.1) is 12.8 Å². The third-order valence-corrected chi connectivity index (χ3v) is 5.83. The minimum absolute atomic E-state index is 0.0661. The second-order valence-electron chi connectivity index (χ2n) is 8.33. The molecule has 2 aromatic rings. The van der Waals surface area contributed by atoms with E-state index < -0.39 is 34.6 Å². The Balaban J connectivity index is 2.82. The lowest BCUT2D eigenvalue weighted by atomic mass is 9.88. The monoisotopic (exact) mass is 444 g/mol. The Labute approximate surface area is 187 Å². The van der Waals surface area contributed by atoms with Crippen molar-refractivity contribution >= 4 is 5.78 Å². The van der Waals surface area contributed by atoms with Crippen molar-refractivity contribution in [3.8, 4) is 23.0 Å². The van der Waals surface area contributed by atoms with Crippen molar-refractivity contribution in [2.45, 2.75) is 67.2 Å². The number of rotatable bonds is 8. The van der Waals surface area contributed by atoms with Gasteiger partial charge in [0.15, 0.2) is 5.78 Å². The fraction of sp³-hybridized carbons (Fsp3) is 0.440. The second-order valence-corrected chi connectivity index (χ2v) is 8.33. The molecule has 1 aromatic carbocycles. The highest BCUT2D eigenvalue weighted by Gasteiger charge is 2.30. The lowest BCUT2D eigenvalue weighted by Crippen LogP contribution is -2.15. The molecular formula is C25H32O7. The van der Waals surface area contributed by atoms with Gasteiger partial charge >= 0.3 is 5.63 Å². The number of allylic oxidation sites excluding steroid dienone is 2. The number of hydrogen-bond donors (Lipinski definition) is 4. The Morgan fingerprint density at radius 3 is 2.09 bits per heavy atom. The van der Waals surface area contributed by atoms with Crippen LogP contribution in [-0.2, 0) is 19.3 Å². The summed E-state index contributed by atoms with van der Waals surface area (Å²) in [5.74, 6) is -2.43. The van der Waals surface area contributed by atoms with Gasteiger partial charge in [0.1, 0.15) is 34.3 Å². The molecule has 0 saturated carbocycles. The first-order chi connectivity index (χ1) is 15.0. The molecule has 7 nitrogen and oxygen atoms in total. The molecule has 0 spiro atoms. The van der Waals surface area contributed by atoms with Gasteiger partial charge in [0, 0.05) is 35.4 Å². The van der Waals surface area contributed by atoms with Crippen molar-refractivity contribution in [2.75, 3.05) is 0 Å². The molecule has 0 aliphatic heterocycles. The summed E-state index contributed by atoms with van der Waals surface area (Å²) in [5.41, 5.74) is 0.0192. The number of aromatic hydroxyl groups is 4. The molecule has 0 unspecified atom stereocenters. The van der Waals surface area contributed by atoms with Crippen LogP contribution in [0.5, 0.6) is 23.0 Å². The lowest BCUT2D eigenvalue weighted by Gasteiger charge is -2.19. The van der Waals surface area contributed by atoms with Crippen LogP contribution in [0.4, 0.5) is 0 Å². The van der Waals surface area contributed by atoms with Crippen LogP contribution in [0.25, 0.3) is 0 Å². The maximum Gasteiger partial charge on any atom is 0.343 e. The maximum absolute atomic E-state index is 12.9. The van der Waals surface area contributed by atoms with Gasteiger partial charge in [0.25, 0.3) is 0 Å². The summed E-state index contributed by atoms with van der Waals surface area (Å²) in [6.45, 7) is 10.6. The highest BCUT2D eigenvalue weighted by Crippen LogP contribution is 2.45. The van der Waals surface area contributed by atoms with Gasteiger partial charge in [-0.25, -0.2) is 4.79 Å². The highest BCUT2D eigenvalue weighted by molar-refractivity contribution is 6.03. The van der Waals surface area contributed by atoms with Crippen molar-refractivity contribution in [3.63, 3.8) is 0 Å². The van der Waals surface area contributed by atoms with Crippen LogP contribution in [-0.4, -0.2) is 26.2 Å². The number of benzene rings is 1. The van der Waals surface area contributed by atoms with Gasteiger partial charge in [-0.3, -0.25) is 4.79 Å². The molecule has 0 aliphatic rings. The smallest absolute Gasteiger partial charge is 0.343 e. The standard InChI is InChI=1S/C25H32O7/c1-7-13(5)20(26)19-23(29)15(10-9-12(3)4)22(28)16(24(19)30)11-17-21(27)14(6)18(8-2)32-25(17)31/h9,13,27-30H,7-8,10-11H2,1-6H3/t13-/m1/s1. The van der Waals surface area contributed by atoms with Crippen LogP contribution >= 0.6 is 0 Å². The summed E-state index contributed by atoms with van der Waals surface area (Å²) in [4.78, 5) is 25.5. The molecule has 0 radical (unpaired) electrons. The average molecular weight is 445 g/mol. The third kappa shape index (κ3) is 4.66. The van der Waals surface area contributed by atoms with Gasteiger partial charge in [0.2, 0.25) is 0 Å². The molecule has 4 N–H and O–H groups in total. The number of phenolic OH excluding ortho intramolecular Hbond substituents is 3. The summed E-state index contributed by atoms with van der Waals surface area (Å²) in [5, 5.41) is 43.2. The van der Waals surface area contributed by atoms with E-state index in [-0.39, 0.29) is 40.8 Å². The van der Waals surface area contributed by atoms with Crippen LogP contribution < -0.4 is 5.63 Å². The zero-order valence-electron chi connectivity index (χ0n) is 19.5. The van der Waals surface area contributed by atoms with Gasteiger partial charge in [-0.05, 0) is 33.6 Å². The summed E-state index contributed by atoms with van der Waals surface area (Å²) in [6, 6.07) is 0. The highest BCUT2D eigenvalue weighted by atomic mass is 16.4. The van der Waals surface area contributed by atoms with Gasteiger partial charge in [-0.15, -0.1) is 0 Å². The first-order valence-corrected chi connectivity index (χ1v) is 10.8. The van der Waals surface area contributed by atoms with E-state index in [1.165, 1.54) is 0 Å². The zero-order chi connectivity index (χ0) is 24.3. The van der Waals surface area contributed by atoms with Crippen LogP contribution in [0.15, 0.2) is 20.9 Å². The molecular weight excluding hydrogens is 412 g/mol. The number of carbonyl (C=O) groups excluding carboxylic acids is 1. The normalized spacial score (nSPS) is 11.9. The zero-order valence-corrected chi connectivity index (χ0v) is 19.5. The van der Waals surface area contributed by atoms with Crippen molar-refractivity contribution in [3.05, 3.63) is 55.6 Å². The largest absolute Gasteiger partial charge is 0.507 e. The van der Waals surface area contributed by atoms with Crippen molar-refractivity contribution in [1.82, 2.24) is 0 Å². The summed E-state index contributed by atoms with van der Waals surface area (Å²) in [7, 11) is 0. The van der Waals surface area contributed by atoms with Crippen molar-refractivity contribution in [1.29, 1.82) is 0 Å². The Morgan fingerprint density at radius 2 is 1.56 bits per heavy atom. The molecule has 174 valence electrons. The van der Waals surface area contributed by atoms with Gasteiger partial charge in [0.05, 0.1) is 5.56 Å². The number of carbonyl (C=O) groups is 1. The van der Waals surface area contributed by atoms with E-state index in [1.54, 1.807) is 26.8 Å². The SMILES string of the molecule is CCc1oc(=O)c(Cc2c(O)c(CC=C(C)C)c(O)c(C(=O)[C@H](C)CC)c2O)c(O)c1C. The van der Waals surface area contributed by atoms with Crippen LogP contribution in [0.2, 0.25) is 0 Å². The van der Waals surface area contributed by atoms with E-state index in [0.717, 1.165) is 5.57 Å². The number of phenols is 3. The molecule has 1 aromatic heterocycles. The summed E-state index contributed by atoms with van der Waals surface area (Å²) in [6.07, 6.45) is 2.39. The fourth-order valence-corrected chi connectivity index (χ4v) is 3.53. The topological polar surface area (TPSA) is 128 Å². The molecule has 2 rings (SSSR count). The predicted octanol–water partition coefficient (Wildman–Crippen LogP) is 4.66. The van der Waals surface area contributed by atoms with E-state index in [9.17, 15) is 30.0 Å². The van der Waals surface area contributed by atoms with Gasteiger partial charge in [-0.1, -0.05) is 32.4 Å². The Bertz CT molecular complexity index is 1120. The first kappa shape index (κ1) is 25.0. The molecule has 1 heterocycles. The molecule has 0 amide bonds. The minimum Gasteiger partial charge on any atom is -0.507 e. The predicted molar refractivity (Wildman–Crippen MR) is 122 cm³/mol. The lowest BCUT2D eigenvalue weighted by molar-refractivity contribution is 0.0921. The Kier molecular flexibility index (Phi) is 7.78. The van der Waals surface area contributed by atoms with E-state index in [0.29, 0.717) is 24.2 Å². The Hall–Kier alpha value is -3.22. The second kappa shape index (κ2) is 9.94. The van der Waals surface area contributed by atoms with Crippen molar-refractivity contribution in [2.24, 2.45) is 5.92 Å². The van der Waals surface area contributed by atoms with Gasteiger partial charge < -0.3 is 24.8 Å². The van der Waals surface area contributed by atoms with Crippen molar-refractivity contribution < 1.29 is 29.6 Å². The van der Waals surface area contributed by atoms with E-state index in [1.807, 2.05) is 20.8 Å². The van der Waals surface area contributed by atoms with Gasteiger partial charge in [-0.2, -0.15) is 0 Å². The van der Waals surface area contributed by atoms with E-state index >= 15 is 0 Å². The molecule has 0 bridgehead atoms. The average Bonchev–Trinajstić information content (AvgIpc) is 2.74. The summed E-state index contributed by atoms with van der Waals surface area (Å²) < 4.78 is 5.28. The van der Waals surface area contributed by atoms with Crippen LogP contribution in [0.3, 0.4) is 0 Å². The molecule has 7 heteroatoms. The molecule has 0 fully saturated rings. The quantitative estimate of drug-likeness (QED) is 0.344. The third-order valence-electron chi connectivity index (χ3n) is 5.83. The number of hydrogen-bond acceptors (Lipinski definition) is 7. The minimum atomic E-state index is -0.794. The molecule has 0 saturated heterocycles. The molecule has 0 aliphatic carbocycles. The Morgan fingerprint density at radius 1 is 0.969 bits per heavy atom. The fourth-order valence-electron chi connectivity index (χ4n) is 3.53.